The molecule has 0 radical (unpaired) electrons. The molecule has 4 aliphatic rings. The molecular formula is C46H47N5. The number of benzene rings is 4. The van der Waals surface area contributed by atoms with E-state index in [1.165, 1.54) is 55.5 Å². The minimum absolute atomic E-state index is 0.00558. The van der Waals surface area contributed by atoms with Crippen molar-refractivity contribution in [1.82, 2.24) is 15.2 Å². The average Bonchev–Trinajstić information content (AvgIpc) is 3.86. The molecule has 5 nitrogen and oxygen atoms in total. The topological polar surface area (TPSA) is 67.4 Å². The molecule has 0 bridgehead atoms. The number of amidine groups is 1. The first-order chi connectivity index (χ1) is 24.7. The van der Waals surface area contributed by atoms with Crippen molar-refractivity contribution in [3.63, 3.8) is 0 Å². The van der Waals surface area contributed by atoms with Crippen molar-refractivity contribution in [1.29, 1.82) is 0 Å². The van der Waals surface area contributed by atoms with Gasteiger partial charge < -0.3 is 15.6 Å². The number of hydrogen-bond donors (Lipinski definition) is 3. The van der Waals surface area contributed by atoms with Gasteiger partial charge in [-0.2, -0.15) is 0 Å². The first kappa shape index (κ1) is 31.8. The van der Waals surface area contributed by atoms with Gasteiger partial charge in [0.15, 0.2) is 0 Å². The van der Waals surface area contributed by atoms with Crippen molar-refractivity contribution in [2.24, 2.45) is 16.6 Å². The summed E-state index contributed by atoms with van der Waals surface area (Å²) in [7, 11) is 0. The second-order valence-electron chi connectivity index (χ2n) is 15.8. The number of dihydropyridines is 1. The van der Waals surface area contributed by atoms with E-state index in [-0.39, 0.29) is 17.0 Å². The molecule has 3 unspecified atom stereocenters. The first-order valence-electron chi connectivity index (χ1n) is 18.6. The minimum atomic E-state index is -0.201. The second kappa shape index (κ2) is 12.0. The van der Waals surface area contributed by atoms with Crippen molar-refractivity contribution in [3.05, 3.63) is 149 Å². The number of nitrogens with zero attached hydrogens (tertiary/aromatic N) is 2. The zero-order valence-corrected chi connectivity index (χ0v) is 30.1. The molecule has 3 atom stereocenters. The Hall–Kier alpha value is -5.13. The number of para-hydroxylation sites is 1. The molecule has 1 fully saturated rings. The van der Waals surface area contributed by atoms with E-state index >= 15 is 0 Å². The minimum Gasteiger partial charge on any atom is -0.385 e. The Morgan fingerprint density at radius 1 is 0.804 bits per heavy atom. The van der Waals surface area contributed by atoms with Crippen LogP contribution in [0.25, 0.3) is 38.6 Å². The molecule has 256 valence electrons. The summed E-state index contributed by atoms with van der Waals surface area (Å²) in [6, 6.07) is 33.7. The lowest BCUT2D eigenvalue weighted by Crippen LogP contribution is -2.43. The SMILES string of the molecule is CC1(C)c2ccccc2-c2cc3c(cc2C1(C)C)c1ccccc1n3C1=CC=C(C(N)=NC(NC2CC2C2=CC=CCN2)c2ccccc2)CC1. The van der Waals surface area contributed by atoms with Crippen LogP contribution < -0.4 is 16.4 Å². The Balaban J connectivity index is 1.09. The van der Waals surface area contributed by atoms with Gasteiger partial charge in [0, 0.05) is 40.7 Å². The van der Waals surface area contributed by atoms with Crippen molar-refractivity contribution in [2.45, 2.75) is 70.0 Å². The monoisotopic (exact) mass is 669 g/mol. The van der Waals surface area contributed by atoms with Crippen LogP contribution in [0.1, 0.15) is 69.8 Å². The summed E-state index contributed by atoms with van der Waals surface area (Å²) < 4.78 is 2.49. The van der Waals surface area contributed by atoms with E-state index in [9.17, 15) is 0 Å². The van der Waals surface area contributed by atoms with Gasteiger partial charge in [0.25, 0.3) is 0 Å². The van der Waals surface area contributed by atoms with Crippen molar-refractivity contribution in [3.8, 4) is 11.1 Å². The van der Waals surface area contributed by atoms with E-state index in [1.54, 1.807) is 0 Å². The molecule has 4 N–H and O–H groups in total. The van der Waals surface area contributed by atoms with Crippen molar-refractivity contribution >= 4 is 33.3 Å². The van der Waals surface area contributed by atoms with Gasteiger partial charge >= 0.3 is 0 Å². The molecule has 0 saturated heterocycles. The van der Waals surface area contributed by atoms with E-state index in [4.69, 9.17) is 10.7 Å². The van der Waals surface area contributed by atoms with E-state index in [0.29, 0.717) is 17.8 Å². The molecule has 3 aliphatic carbocycles. The van der Waals surface area contributed by atoms with E-state index in [1.807, 2.05) is 0 Å². The van der Waals surface area contributed by atoms with Gasteiger partial charge in [0.05, 0.1) is 11.0 Å². The quantitative estimate of drug-likeness (QED) is 0.119. The Labute approximate surface area is 301 Å². The Bertz CT molecular complexity index is 2350. The van der Waals surface area contributed by atoms with Crippen molar-refractivity contribution in [2.75, 3.05) is 6.54 Å². The second-order valence-corrected chi connectivity index (χ2v) is 15.8. The third kappa shape index (κ3) is 5.20. The maximum Gasteiger partial charge on any atom is 0.128 e. The molecular weight excluding hydrogens is 623 g/mol. The fourth-order valence-electron chi connectivity index (χ4n) is 8.75. The molecule has 4 aromatic carbocycles. The normalized spacial score (nSPS) is 22.4. The van der Waals surface area contributed by atoms with Crippen LogP contribution in [0.3, 0.4) is 0 Å². The van der Waals surface area contributed by atoms with E-state index in [2.05, 4.69) is 164 Å². The molecule has 51 heavy (non-hydrogen) atoms. The third-order valence-corrected chi connectivity index (χ3v) is 12.5. The van der Waals surface area contributed by atoms with Gasteiger partial charge in [-0.1, -0.05) is 119 Å². The number of nitrogens with one attached hydrogen (secondary N) is 2. The van der Waals surface area contributed by atoms with Crippen LogP contribution >= 0.6 is 0 Å². The highest BCUT2D eigenvalue weighted by Gasteiger charge is 2.46. The molecule has 1 aromatic heterocycles. The molecule has 5 heteroatoms. The summed E-state index contributed by atoms with van der Waals surface area (Å²) in [5.41, 5.74) is 19.7. The number of rotatable bonds is 7. The van der Waals surface area contributed by atoms with Gasteiger partial charge in [-0.3, -0.25) is 5.32 Å². The molecule has 1 saturated carbocycles. The summed E-state index contributed by atoms with van der Waals surface area (Å²) in [5, 5.41) is 9.97. The molecule has 0 spiro atoms. The summed E-state index contributed by atoms with van der Waals surface area (Å²) >= 11 is 0. The average molecular weight is 670 g/mol. The number of hydrogen-bond acceptors (Lipinski definition) is 3. The van der Waals surface area contributed by atoms with Crippen LogP contribution in [0.5, 0.6) is 0 Å². The predicted molar refractivity (Wildman–Crippen MR) is 214 cm³/mol. The maximum absolute atomic E-state index is 6.85. The van der Waals surface area contributed by atoms with Crippen molar-refractivity contribution < 1.29 is 0 Å². The Kier molecular flexibility index (Phi) is 7.48. The van der Waals surface area contributed by atoms with Crippen LogP contribution in [-0.4, -0.2) is 23.0 Å². The smallest absolute Gasteiger partial charge is 0.128 e. The third-order valence-electron chi connectivity index (χ3n) is 12.5. The summed E-state index contributed by atoms with van der Waals surface area (Å²) in [4.78, 5) is 5.14. The van der Waals surface area contributed by atoms with E-state index in [0.717, 1.165) is 36.9 Å². The number of aliphatic imine (C=N–C) groups is 1. The highest BCUT2D eigenvalue weighted by Crippen LogP contribution is 2.55. The maximum atomic E-state index is 6.85. The standard InChI is InChI=1S/C46H47N5/c1-45(2)37-18-10-8-16-32(37)34-28-42-35(26-38(34)46(45,3)4)33-17-9-11-20-41(33)51(42)31-23-21-29(22-24-31)43(47)50-44(30-14-6-5-7-15-30)49-40-27-36(40)39-19-12-13-25-48-39/h5-21,23,26,28,36,40,44,48-49H,22,24-25,27H2,1-4H3,(H2,47,50). The molecule has 5 aromatic rings. The number of allylic oxidation sites excluding steroid dienone is 5. The lowest BCUT2D eigenvalue weighted by molar-refractivity contribution is 0.299. The van der Waals surface area contributed by atoms with Crippen LogP contribution in [0.15, 0.2) is 138 Å². The number of fused-ring (bicyclic) bond motifs is 6. The zero-order chi connectivity index (χ0) is 34.9. The van der Waals surface area contributed by atoms with Gasteiger partial charge in [0.2, 0.25) is 0 Å². The van der Waals surface area contributed by atoms with Gasteiger partial charge in [-0.15, -0.1) is 0 Å². The Morgan fingerprint density at radius 3 is 2.35 bits per heavy atom. The van der Waals surface area contributed by atoms with Crippen LogP contribution in [-0.2, 0) is 10.8 Å². The number of aromatic nitrogens is 1. The Morgan fingerprint density at radius 2 is 1.57 bits per heavy atom. The summed E-state index contributed by atoms with van der Waals surface area (Å²) in [5.74, 6) is 1.10. The van der Waals surface area contributed by atoms with Gasteiger partial charge in [0.1, 0.15) is 12.0 Å². The summed E-state index contributed by atoms with van der Waals surface area (Å²) in [6.45, 7) is 10.5. The highest BCUT2D eigenvalue weighted by atomic mass is 15.1. The largest absolute Gasteiger partial charge is 0.385 e. The lowest BCUT2D eigenvalue weighted by Gasteiger charge is -2.48. The molecule has 9 rings (SSSR count). The van der Waals surface area contributed by atoms with Gasteiger partial charge in [-0.05, 0) is 93.8 Å². The summed E-state index contributed by atoms with van der Waals surface area (Å²) in [6.07, 6.45) is 13.6. The first-order valence-corrected chi connectivity index (χ1v) is 18.6. The van der Waals surface area contributed by atoms with Crippen LogP contribution in [0, 0.1) is 5.92 Å². The lowest BCUT2D eigenvalue weighted by atomic mass is 9.55. The highest BCUT2D eigenvalue weighted by molar-refractivity contribution is 6.12. The molecule has 0 amide bonds. The van der Waals surface area contributed by atoms with E-state index < -0.39 is 0 Å². The van der Waals surface area contributed by atoms with Crippen LogP contribution in [0.4, 0.5) is 0 Å². The zero-order valence-electron chi connectivity index (χ0n) is 30.1. The fraction of sp³-hybridized carbons (Fsp3) is 0.283. The van der Waals surface area contributed by atoms with Crippen LogP contribution in [0.2, 0.25) is 0 Å². The molecule has 2 heterocycles. The molecule has 1 aliphatic heterocycles. The van der Waals surface area contributed by atoms with Gasteiger partial charge in [-0.25, -0.2) is 4.99 Å². The predicted octanol–water partition coefficient (Wildman–Crippen LogP) is 9.67. The fourth-order valence-corrected chi connectivity index (χ4v) is 8.75. The number of nitrogens with two attached hydrogens (primary N) is 1.